The van der Waals surface area contributed by atoms with Gasteiger partial charge in [0.2, 0.25) is 11.8 Å². The van der Waals surface area contributed by atoms with Gasteiger partial charge in [-0.3, -0.25) is 9.59 Å². The minimum Gasteiger partial charge on any atom is -0.497 e. The van der Waals surface area contributed by atoms with E-state index in [2.05, 4.69) is 50.4 Å². The van der Waals surface area contributed by atoms with Gasteiger partial charge < -0.3 is 15.0 Å². The molecular formula is C28H40N2O3. The summed E-state index contributed by atoms with van der Waals surface area (Å²) in [6.07, 6.45) is 1.82. The van der Waals surface area contributed by atoms with Crippen molar-refractivity contribution in [2.24, 2.45) is 0 Å². The standard InChI is InChI=1S/C28H40N2O3/c1-8-20(2)29-27(32)21(3)30(19-23-10-9-11-25(18-23)33-7)26(31)17-14-22-12-15-24(16-13-22)28(4,5)6/h9-13,15-16,18,20-21H,8,14,17,19H2,1-7H3,(H,29,32)/t20-,21-/m0/s1. The van der Waals surface area contributed by atoms with Crippen LogP contribution in [0.25, 0.3) is 0 Å². The summed E-state index contributed by atoms with van der Waals surface area (Å²) in [5, 5.41) is 3.01. The normalized spacial score (nSPS) is 13.2. The number of rotatable bonds is 10. The first kappa shape index (κ1) is 26.4. The van der Waals surface area contributed by atoms with Crippen molar-refractivity contribution in [3.05, 3.63) is 65.2 Å². The van der Waals surface area contributed by atoms with Crippen LogP contribution in [0.4, 0.5) is 0 Å². The van der Waals surface area contributed by atoms with E-state index < -0.39 is 6.04 Å². The Kier molecular flexibility index (Phi) is 9.51. The first-order valence-electron chi connectivity index (χ1n) is 11.9. The van der Waals surface area contributed by atoms with Gasteiger partial charge >= 0.3 is 0 Å². The van der Waals surface area contributed by atoms with Crippen LogP contribution in [0.1, 0.15) is 71.1 Å². The fourth-order valence-corrected chi connectivity index (χ4v) is 3.58. The number of methoxy groups -OCH3 is 1. The number of carbonyl (C=O) groups excluding carboxylic acids is 2. The van der Waals surface area contributed by atoms with Crippen LogP contribution < -0.4 is 10.1 Å². The number of aryl methyl sites for hydroxylation is 1. The van der Waals surface area contributed by atoms with Crippen LogP contribution in [0.15, 0.2) is 48.5 Å². The molecule has 2 amide bonds. The van der Waals surface area contributed by atoms with Gasteiger partial charge in [0, 0.05) is 19.0 Å². The lowest BCUT2D eigenvalue weighted by molar-refractivity contribution is -0.140. The van der Waals surface area contributed by atoms with Gasteiger partial charge in [-0.2, -0.15) is 0 Å². The first-order chi connectivity index (χ1) is 15.5. The largest absolute Gasteiger partial charge is 0.497 e. The van der Waals surface area contributed by atoms with E-state index in [-0.39, 0.29) is 23.3 Å². The van der Waals surface area contributed by atoms with E-state index in [9.17, 15) is 9.59 Å². The molecule has 0 aliphatic rings. The molecule has 0 aromatic heterocycles. The van der Waals surface area contributed by atoms with Crippen molar-refractivity contribution in [1.82, 2.24) is 10.2 Å². The second-order valence-electron chi connectivity index (χ2n) is 9.81. The topological polar surface area (TPSA) is 58.6 Å². The number of ether oxygens (including phenoxy) is 1. The quantitative estimate of drug-likeness (QED) is 0.535. The molecule has 0 spiro atoms. The predicted octanol–water partition coefficient (Wildman–Crippen LogP) is 5.26. The maximum atomic E-state index is 13.3. The Morgan fingerprint density at radius 3 is 2.27 bits per heavy atom. The maximum Gasteiger partial charge on any atom is 0.242 e. The van der Waals surface area contributed by atoms with Crippen LogP contribution >= 0.6 is 0 Å². The zero-order valence-corrected chi connectivity index (χ0v) is 21.3. The van der Waals surface area contributed by atoms with Gasteiger partial charge in [0.25, 0.3) is 0 Å². The molecule has 0 fully saturated rings. The van der Waals surface area contributed by atoms with Gasteiger partial charge in [-0.25, -0.2) is 0 Å². The molecule has 5 nitrogen and oxygen atoms in total. The van der Waals surface area contributed by atoms with E-state index in [1.807, 2.05) is 38.1 Å². The average molecular weight is 453 g/mol. The van der Waals surface area contributed by atoms with Crippen LogP contribution in [0.3, 0.4) is 0 Å². The molecule has 2 rings (SSSR count). The van der Waals surface area contributed by atoms with Crippen molar-refractivity contribution in [2.45, 2.75) is 84.8 Å². The molecular weight excluding hydrogens is 412 g/mol. The predicted molar refractivity (Wildman–Crippen MR) is 134 cm³/mol. The Hall–Kier alpha value is -2.82. The van der Waals surface area contributed by atoms with Gasteiger partial charge in [0.05, 0.1) is 7.11 Å². The summed E-state index contributed by atoms with van der Waals surface area (Å²) in [4.78, 5) is 27.8. The molecule has 33 heavy (non-hydrogen) atoms. The molecule has 5 heteroatoms. The molecule has 2 aromatic rings. The number of nitrogens with zero attached hydrogens (tertiary/aromatic N) is 1. The Balaban J connectivity index is 2.16. The third kappa shape index (κ3) is 7.92. The monoisotopic (exact) mass is 452 g/mol. The molecule has 0 saturated heterocycles. The second kappa shape index (κ2) is 11.9. The van der Waals surface area contributed by atoms with Gasteiger partial charge in [0.15, 0.2) is 0 Å². The summed E-state index contributed by atoms with van der Waals surface area (Å²) < 4.78 is 5.33. The smallest absolute Gasteiger partial charge is 0.242 e. The summed E-state index contributed by atoms with van der Waals surface area (Å²) in [5.41, 5.74) is 3.42. The molecule has 0 unspecified atom stereocenters. The number of carbonyl (C=O) groups is 2. The highest BCUT2D eigenvalue weighted by Crippen LogP contribution is 2.23. The third-order valence-electron chi connectivity index (χ3n) is 6.10. The van der Waals surface area contributed by atoms with E-state index in [4.69, 9.17) is 4.74 Å². The Morgan fingerprint density at radius 2 is 1.70 bits per heavy atom. The SMILES string of the molecule is CC[C@H](C)NC(=O)[C@H](C)N(Cc1cccc(OC)c1)C(=O)CCc1ccc(C(C)(C)C)cc1. The zero-order chi connectivity index (χ0) is 24.6. The van der Waals surface area contributed by atoms with Crippen LogP contribution in [0, 0.1) is 0 Å². The fraction of sp³-hybridized carbons (Fsp3) is 0.500. The van der Waals surface area contributed by atoms with Crippen molar-refractivity contribution >= 4 is 11.8 Å². The van der Waals surface area contributed by atoms with Crippen molar-refractivity contribution in [3.8, 4) is 5.75 Å². The minimum atomic E-state index is -0.569. The lowest BCUT2D eigenvalue weighted by Crippen LogP contribution is -2.49. The molecule has 0 saturated carbocycles. The summed E-state index contributed by atoms with van der Waals surface area (Å²) in [6.45, 7) is 12.7. The van der Waals surface area contributed by atoms with E-state index in [1.165, 1.54) is 5.56 Å². The molecule has 0 bridgehead atoms. The van der Waals surface area contributed by atoms with Crippen LogP contribution in [0.2, 0.25) is 0 Å². The summed E-state index contributed by atoms with van der Waals surface area (Å²) >= 11 is 0. The third-order valence-corrected chi connectivity index (χ3v) is 6.10. The highest BCUT2D eigenvalue weighted by Gasteiger charge is 2.26. The Labute approximate surface area is 199 Å². The molecule has 0 heterocycles. The minimum absolute atomic E-state index is 0.0375. The second-order valence-corrected chi connectivity index (χ2v) is 9.81. The number of nitrogens with one attached hydrogen (secondary N) is 1. The highest BCUT2D eigenvalue weighted by atomic mass is 16.5. The van der Waals surface area contributed by atoms with E-state index >= 15 is 0 Å². The number of benzene rings is 2. The van der Waals surface area contributed by atoms with E-state index in [0.717, 1.165) is 23.3 Å². The van der Waals surface area contributed by atoms with Crippen LogP contribution in [-0.4, -0.2) is 35.9 Å². The molecule has 1 N–H and O–H groups in total. The zero-order valence-electron chi connectivity index (χ0n) is 21.3. The van der Waals surface area contributed by atoms with Crippen LogP contribution in [-0.2, 0) is 28.0 Å². The van der Waals surface area contributed by atoms with Crippen molar-refractivity contribution in [3.63, 3.8) is 0 Å². The molecule has 0 aliphatic heterocycles. The molecule has 2 atom stereocenters. The molecule has 0 radical (unpaired) electrons. The maximum absolute atomic E-state index is 13.3. The van der Waals surface area contributed by atoms with E-state index in [1.54, 1.807) is 18.9 Å². The fourth-order valence-electron chi connectivity index (χ4n) is 3.58. The van der Waals surface area contributed by atoms with E-state index in [0.29, 0.717) is 19.4 Å². The summed E-state index contributed by atoms with van der Waals surface area (Å²) in [5.74, 6) is 0.565. The number of hydrogen-bond acceptors (Lipinski definition) is 3. The number of amides is 2. The summed E-state index contributed by atoms with van der Waals surface area (Å²) in [6, 6.07) is 15.6. The Bertz CT molecular complexity index is 915. The number of hydrogen-bond donors (Lipinski definition) is 1. The molecule has 0 aliphatic carbocycles. The van der Waals surface area contributed by atoms with Crippen molar-refractivity contribution in [1.29, 1.82) is 0 Å². The van der Waals surface area contributed by atoms with Gasteiger partial charge in [-0.05, 0) is 60.9 Å². The van der Waals surface area contributed by atoms with Crippen molar-refractivity contribution < 1.29 is 14.3 Å². The first-order valence-corrected chi connectivity index (χ1v) is 11.9. The van der Waals surface area contributed by atoms with Gasteiger partial charge in [-0.15, -0.1) is 0 Å². The van der Waals surface area contributed by atoms with Gasteiger partial charge in [0.1, 0.15) is 11.8 Å². The van der Waals surface area contributed by atoms with Crippen molar-refractivity contribution in [2.75, 3.05) is 7.11 Å². The summed E-state index contributed by atoms with van der Waals surface area (Å²) in [7, 11) is 1.62. The molecule has 2 aromatic carbocycles. The molecule has 180 valence electrons. The van der Waals surface area contributed by atoms with Gasteiger partial charge in [-0.1, -0.05) is 64.1 Å². The lowest BCUT2D eigenvalue weighted by Gasteiger charge is -2.30. The highest BCUT2D eigenvalue weighted by molar-refractivity contribution is 5.87. The Morgan fingerprint density at radius 1 is 1.03 bits per heavy atom. The average Bonchev–Trinajstić information content (AvgIpc) is 2.80. The lowest BCUT2D eigenvalue weighted by atomic mass is 9.86. The van der Waals surface area contributed by atoms with Crippen LogP contribution in [0.5, 0.6) is 5.75 Å².